The van der Waals surface area contributed by atoms with Crippen LogP contribution in [-0.4, -0.2) is 74.8 Å². The van der Waals surface area contributed by atoms with E-state index >= 15 is 0 Å². The number of methoxy groups -OCH3 is 2. The van der Waals surface area contributed by atoms with E-state index < -0.39 is 0 Å². The molecule has 21 heavy (non-hydrogen) atoms. The molecule has 0 bridgehead atoms. The van der Waals surface area contributed by atoms with Crippen LogP contribution in [0.1, 0.15) is 0 Å². The second-order valence-electron chi connectivity index (χ2n) is 4.90. The highest BCUT2D eigenvalue weighted by molar-refractivity contribution is 5.85. The molecule has 2 rings (SSSR count). The van der Waals surface area contributed by atoms with Crippen molar-refractivity contribution in [3.63, 3.8) is 0 Å². The van der Waals surface area contributed by atoms with Gasteiger partial charge in [0.1, 0.15) is 6.04 Å². The average Bonchev–Trinajstić information content (AvgIpc) is 2.53. The Kier molecular flexibility index (Phi) is 4.79. The lowest BCUT2D eigenvalue weighted by Gasteiger charge is -2.36. The third-order valence-electron chi connectivity index (χ3n) is 3.31. The summed E-state index contributed by atoms with van der Waals surface area (Å²) < 4.78 is 10.3. The number of piperazine rings is 1. The highest BCUT2D eigenvalue weighted by atomic mass is 16.5. The molecule has 8 heteroatoms. The van der Waals surface area contributed by atoms with Gasteiger partial charge in [-0.1, -0.05) is 0 Å². The predicted molar refractivity (Wildman–Crippen MR) is 77.8 cm³/mol. The summed E-state index contributed by atoms with van der Waals surface area (Å²) >= 11 is 0. The number of amides is 1. The second kappa shape index (κ2) is 6.57. The minimum atomic E-state index is -0.342. The summed E-state index contributed by atoms with van der Waals surface area (Å²) in [7, 11) is 6.54. The van der Waals surface area contributed by atoms with Crippen LogP contribution in [-0.2, 0) is 4.79 Å². The van der Waals surface area contributed by atoms with Crippen LogP contribution in [0.4, 0.5) is 5.95 Å². The Morgan fingerprint density at radius 2 is 1.95 bits per heavy atom. The number of likely N-dealkylation sites (N-methyl/N-ethyl adjacent to an activating group) is 1. The van der Waals surface area contributed by atoms with Crippen molar-refractivity contribution in [1.82, 2.24) is 20.2 Å². The molecule has 1 unspecified atom stereocenters. The van der Waals surface area contributed by atoms with Crippen molar-refractivity contribution in [2.75, 3.05) is 52.8 Å². The van der Waals surface area contributed by atoms with Crippen LogP contribution in [0, 0.1) is 0 Å². The van der Waals surface area contributed by atoms with Crippen molar-refractivity contribution < 1.29 is 14.3 Å². The van der Waals surface area contributed by atoms with Gasteiger partial charge in [-0.3, -0.25) is 4.79 Å². The van der Waals surface area contributed by atoms with E-state index in [2.05, 4.69) is 15.3 Å². The largest absolute Gasteiger partial charge is 0.481 e. The molecule has 0 radical (unpaired) electrons. The zero-order valence-corrected chi connectivity index (χ0v) is 12.8. The van der Waals surface area contributed by atoms with Gasteiger partial charge in [0.05, 0.1) is 20.3 Å². The number of nitrogens with zero attached hydrogens (tertiary/aromatic N) is 4. The Hall–Kier alpha value is -2.09. The zero-order valence-electron chi connectivity index (χ0n) is 12.8. The summed E-state index contributed by atoms with van der Waals surface area (Å²) in [5, 5.41) is 3.22. The number of hydrogen-bond donors (Lipinski definition) is 1. The summed E-state index contributed by atoms with van der Waals surface area (Å²) in [6.07, 6.45) is 0. The normalized spacial score (nSPS) is 18.3. The van der Waals surface area contributed by atoms with E-state index in [-0.39, 0.29) is 11.9 Å². The molecule has 1 atom stereocenters. The second-order valence-corrected chi connectivity index (χ2v) is 4.90. The van der Waals surface area contributed by atoms with Gasteiger partial charge in [0.25, 0.3) is 0 Å². The van der Waals surface area contributed by atoms with Crippen molar-refractivity contribution in [3.8, 4) is 11.8 Å². The fraction of sp³-hybridized carbons (Fsp3) is 0.615. The van der Waals surface area contributed by atoms with Crippen molar-refractivity contribution in [3.05, 3.63) is 6.07 Å². The van der Waals surface area contributed by atoms with E-state index in [9.17, 15) is 4.79 Å². The van der Waals surface area contributed by atoms with Gasteiger partial charge in [-0.25, -0.2) is 0 Å². The van der Waals surface area contributed by atoms with Gasteiger partial charge in [0.15, 0.2) is 0 Å². The first-order chi connectivity index (χ1) is 10.1. The Bertz CT molecular complexity index is 486. The number of carbonyl (C=O) groups excluding carboxylic acids is 1. The van der Waals surface area contributed by atoms with Gasteiger partial charge in [-0.05, 0) is 0 Å². The Balaban J connectivity index is 2.34. The molecule has 116 valence electrons. The van der Waals surface area contributed by atoms with Crippen LogP contribution < -0.4 is 19.7 Å². The van der Waals surface area contributed by atoms with Crippen molar-refractivity contribution in [1.29, 1.82) is 0 Å². The maximum atomic E-state index is 12.3. The van der Waals surface area contributed by atoms with Gasteiger partial charge in [0, 0.05) is 33.7 Å². The lowest BCUT2D eigenvalue weighted by atomic mass is 10.2. The molecule has 0 aliphatic carbocycles. The molecule has 1 aliphatic heterocycles. The molecule has 8 nitrogen and oxygen atoms in total. The maximum absolute atomic E-state index is 12.3. The average molecular weight is 295 g/mol. The summed E-state index contributed by atoms with van der Waals surface area (Å²) in [4.78, 5) is 24.4. The van der Waals surface area contributed by atoms with E-state index in [1.807, 2.05) is 4.90 Å². The Morgan fingerprint density at radius 1 is 1.33 bits per heavy atom. The highest BCUT2D eigenvalue weighted by Crippen LogP contribution is 2.22. The van der Waals surface area contributed by atoms with Crippen LogP contribution in [0.3, 0.4) is 0 Å². The molecule has 1 aromatic rings. The number of rotatable bonds is 4. The van der Waals surface area contributed by atoms with Crippen LogP contribution in [0.15, 0.2) is 6.07 Å². The summed E-state index contributed by atoms with van der Waals surface area (Å²) in [5.74, 6) is 1.26. The summed E-state index contributed by atoms with van der Waals surface area (Å²) in [5.41, 5.74) is 0. The third kappa shape index (κ3) is 3.33. The van der Waals surface area contributed by atoms with Crippen LogP contribution in [0.5, 0.6) is 11.8 Å². The van der Waals surface area contributed by atoms with Crippen molar-refractivity contribution in [2.45, 2.75) is 6.04 Å². The number of carbonyl (C=O) groups is 1. The minimum Gasteiger partial charge on any atom is -0.481 e. The molecule has 2 heterocycles. The van der Waals surface area contributed by atoms with Crippen LogP contribution in [0.25, 0.3) is 0 Å². The van der Waals surface area contributed by atoms with Gasteiger partial charge < -0.3 is 24.6 Å². The quantitative estimate of drug-likeness (QED) is 0.791. The van der Waals surface area contributed by atoms with Crippen molar-refractivity contribution in [2.24, 2.45) is 0 Å². The van der Waals surface area contributed by atoms with Gasteiger partial charge in [-0.2, -0.15) is 9.97 Å². The van der Waals surface area contributed by atoms with Crippen molar-refractivity contribution >= 4 is 11.9 Å². The van der Waals surface area contributed by atoms with E-state index in [0.717, 1.165) is 6.54 Å². The number of anilines is 1. The number of hydrogen-bond acceptors (Lipinski definition) is 7. The molecule has 1 aliphatic rings. The molecule has 1 N–H and O–H groups in total. The number of nitrogens with one attached hydrogen (secondary N) is 1. The molecule has 0 aromatic carbocycles. The fourth-order valence-electron chi connectivity index (χ4n) is 2.19. The molecule has 1 amide bonds. The summed E-state index contributed by atoms with van der Waals surface area (Å²) in [6.45, 7) is 1.96. The number of aromatic nitrogens is 2. The number of ether oxygens (including phenoxy) is 2. The molecule has 1 saturated heterocycles. The maximum Gasteiger partial charge on any atom is 0.246 e. The topological polar surface area (TPSA) is 79.8 Å². The lowest BCUT2D eigenvalue weighted by Crippen LogP contribution is -2.58. The van der Waals surface area contributed by atoms with Crippen LogP contribution in [0.2, 0.25) is 0 Å². The predicted octanol–water partition coefficient (Wildman–Crippen LogP) is -0.640. The zero-order chi connectivity index (χ0) is 15.4. The minimum absolute atomic E-state index is 0.00702. The van der Waals surface area contributed by atoms with E-state index in [1.54, 1.807) is 25.1 Å². The molecule has 1 aromatic heterocycles. The van der Waals surface area contributed by atoms with E-state index in [4.69, 9.17) is 9.47 Å². The van der Waals surface area contributed by atoms with Gasteiger partial charge >= 0.3 is 0 Å². The standard InChI is InChI=1S/C13H21N5O3/c1-17(2)12(19)9-8-14-5-6-18(9)13-15-10(20-3)7-11(16-13)21-4/h7,9,14H,5-6,8H2,1-4H3. The van der Waals surface area contributed by atoms with Gasteiger partial charge in [0.2, 0.25) is 23.6 Å². The molecule has 0 spiro atoms. The van der Waals surface area contributed by atoms with Crippen LogP contribution >= 0.6 is 0 Å². The van der Waals surface area contributed by atoms with E-state index in [1.165, 1.54) is 14.2 Å². The molecular weight excluding hydrogens is 274 g/mol. The van der Waals surface area contributed by atoms with Gasteiger partial charge in [-0.15, -0.1) is 0 Å². The monoisotopic (exact) mass is 295 g/mol. The molecule has 1 fully saturated rings. The SMILES string of the molecule is COc1cc(OC)nc(N2CCNCC2C(=O)N(C)C)n1. The highest BCUT2D eigenvalue weighted by Gasteiger charge is 2.32. The first-order valence-electron chi connectivity index (χ1n) is 6.72. The first kappa shape index (κ1) is 15.3. The Labute approximate surface area is 124 Å². The third-order valence-corrected chi connectivity index (χ3v) is 3.31. The smallest absolute Gasteiger partial charge is 0.246 e. The first-order valence-corrected chi connectivity index (χ1v) is 6.72. The molecular formula is C13H21N5O3. The Morgan fingerprint density at radius 3 is 2.48 bits per heavy atom. The molecule has 0 saturated carbocycles. The lowest BCUT2D eigenvalue weighted by molar-refractivity contribution is -0.130. The van der Waals surface area contributed by atoms with E-state index in [0.29, 0.717) is 30.8 Å². The summed E-state index contributed by atoms with van der Waals surface area (Å²) in [6, 6.07) is 1.26. The fourth-order valence-corrected chi connectivity index (χ4v) is 2.19.